The summed E-state index contributed by atoms with van der Waals surface area (Å²) < 4.78 is 5.00. The molecule has 1 aliphatic carbocycles. The van der Waals surface area contributed by atoms with Gasteiger partial charge in [0, 0.05) is 18.2 Å². The van der Waals surface area contributed by atoms with Gasteiger partial charge in [-0.1, -0.05) is 0 Å². The first-order valence-electron chi connectivity index (χ1n) is 5.11. The smallest absolute Gasteiger partial charge is 0.218 e. The number of hydrogen-bond donors (Lipinski definition) is 2. The van der Waals surface area contributed by atoms with Crippen LogP contribution in [-0.2, 0) is 0 Å². The molecule has 1 aromatic heterocycles. The Hall–Kier alpha value is -1.36. The second-order valence-corrected chi connectivity index (χ2v) is 4.02. The molecule has 5 heteroatoms. The molecule has 1 fully saturated rings. The van der Waals surface area contributed by atoms with E-state index < -0.39 is 0 Å². The Morgan fingerprint density at radius 3 is 2.93 bits per heavy atom. The average Bonchev–Trinajstić information content (AvgIpc) is 2.24. The number of nitrogens with one attached hydrogen (secondary N) is 1. The number of anilines is 1. The molecule has 0 radical (unpaired) electrons. The van der Waals surface area contributed by atoms with Crippen molar-refractivity contribution in [2.75, 3.05) is 19.0 Å². The highest BCUT2D eigenvalue weighted by molar-refractivity contribution is 5.37. The normalized spacial score (nSPS) is 18.0. The van der Waals surface area contributed by atoms with Gasteiger partial charge in [-0.2, -0.15) is 0 Å². The van der Waals surface area contributed by atoms with Gasteiger partial charge in [0.15, 0.2) is 0 Å². The van der Waals surface area contributed by atoms with Crippen LogP contribution in [0.1, 0.15) is 19.3 Å². The second-order valence-electron chi connectivity index (χ2n) is 4.02. The number of rotatable bonds is 4. The lowest BCUT2D eigenvalue weighted by molar-refractivity contribution is 0.265. The highest BCUT2D eigenvalue weighted by Gasteiger charge is 2.32. The molecule has 1 saturated carbocycles. The van der Waals surface area contributed by atoms with Gasteiger partial charge in [0.05, 0.1) is 7.11 Å². The number of hydrogen-bond acceptors (Lipinski definition) is 5. The minimum atomic E-state index is -0.0435. The molecular formula is C10H16N4O. The highest BCUT2D eigenvalue weighted by atomic mass is 16.5. The van der Waals surface area contributed by atoms with Crippen LogP contribution in [-0.4, -0.2) is 29.2 Å². The molecule has 1 heterocycles. The zero-order valence-electron chi connectivity index (χ0n) is 8.86. The fourth-order valence-electron chi connectivity index (χ4n) is 1.62. The van der Waals surface area contributed by atoms with Crippen LogP contribution in [0.3, 0.4) is 0 Å². The van der Waals surface area contributed by atoms with Gasteiger partial charge in [-0.15, -0.1) is 0 Å². The molecule has 0 unspecified atom stereocenters. The first-order valence-corrected chi connectivity index (χ1v) is 5.11. The molecule has 82 valence electrons. The van der Waals surface area contributed by atoms with Gasteiger partial charge in [-0.3, -0.25) is 0 Å². The molecule has 0 bridgehead atoms. The van der Waals surface area contributed by atoms with Crippen molar-refractivity contribution in [3.05, 3.63) is 12.4 Å². The summed E-state index contributed by atoms with van der Waals surface area (Å²) in [6.07, 6.45) is 4.88. The van der Waals surface area contributed by atoms with Crippen LogP contribution in [0.25, 0.3) is 0 Å². The topological polar surface area (TPSA) is 73.1 Å². The van der Waals surface area contributed by atoms with Gasteiger partial charge in [0.1, 0.15) is 12.1 Å². The van der Waals surface area contributed by atoms with E-state index in [1.54, 1.807) is 13.2 Å². The lowest BCUT2D eigenvalue weighted by Crippen LogP contribution is -2.52. The summed E-state index contributed by atoms with van der Waals surface area (Å²) in [5.74, 6) is 1.32. The molecule has 0 spiro atoms. The molecule has 15 heavy (non-hydrogen) atoms. The molecule has 5 nitrogen and oxygen atoms in total. The quantitative estimate of drug-likeness (QED) is 0.765. The summed E-state index contributed by atoms with van der Waals surface area (Å²) in [5.41, 5.74) is 6.04. The first-order chi connectivity index (χ1) is 7.22. The van der Waals surface area contributed by atoms with Gasteiger partial charge in [0.25, 0.3) is 0 Å². The Kier molecular flexibility index (Phi) is 2.73. The SMILES string of the molecule is COc1cc(NCC2(N)CCC2)ncn1. The summed E-state index contributed by atoms with van der Waals surface area (Å²) in [4.78, 5) is 8.02. The summed E-state index contributed by atoms with van der Waals surface area (Å²) in [6.45, 7) is 0.757. The molecule has 0 aromatic carbocycles. The monoisotopic (exact) mass is 208 g/mol. The van der Waals surface area contributed by atoms with Crippen molar-refractivity contribution in [2.24, 2.45) is 5.73 Å². The van der Waals surface area contributed by atoms with Crippen molar-refractivity contribution in [3.63, 3.8) is 0 Å². The zero-order chi connectivity index (χ0) is 10.7. The minimum absolute atomic E-state index is 0.0435. The predicted octanol–water partition coefficient (Wildman–Crippen LogP) is 0.778. The third kappa shape index (κ3) is 2.36. The molecule has 0 aliphatic heterocycles. The fraction of sp³-hybridized carbons (Fsp3) is 0.600. The van der Waals surface area contributed by atoms with E-state index in [9.17, 15) is 0 Å². The van der Waals surface area contributed by atoms with E-state index in [2.05, 4.69) is 15.3 Å². The van der Waals surface area contributed by atoms with Crippen LogP contribution in [0.2, 0.25) is 0 Å². The Labute approximate surface area is 89.1 Å². The van der Waals surface area contributed by atoms with E-state index in [1.165, 1.54) is 12.7 Å². The molecule has 1 aliphatic rings. The molecule has 0 amide bonds. The van der Waals surface area contributed by atoms with Gasteiger partial charge in [-0.25, -0.2) is 9.97 Å². The minimum Gasteiger partial charge on any atom is -0.481 e. The molecule has 1 aromatic rings. The van der Waals surface area contributed by atoms with E-state index in [0.717, 1.165) is 25.2 Å². The molecule has 2 rings (SSSR count). The lowest BCUT2D eigenvalue weighted by atomic mass is 9.78. The Morgan fingerprint density at radius 2 is 2.33 bits per heavy atom. The number of nitrogens with two attached hydrogens (primary N) is 1. The van der Waals surface area contributed by atoms with Gasteiger partial charge < -0.3 is 15.8 Å². The Balaban J connectivity index is 1.92. The second kappa shape index (κ2) is 4.02. The fourth-order valence-corrected chi connectivity index (χ4v) is 1.62. The van der Waals surface area contributed by atoms with E-state index >= 15 is 0 Å². The maximum absolute atomic E-state index is 6.08. The first kappa shape index (κ1) is 10.2. The van der Waals surface area contributed by atoms with Crippen LogP contribution in [0.4, 0.5) is 5.82 Å². The summed E-state index contributed by atoms with van der Waals surface area (Å²) in [6, 6.07) is 1.77. The molecule has 0 saturated heterocycles. The average molecular weight is 208 g/mol. The predicted molar refractivity (Wildman–Crippen MR) is 57.8 cm³/mol. The third-order valence-electron chi connectivity index (χ3n) is 2.82. The van der Waals surface area contributed by atoms with Crippen LogP contribution < -0.4 is 15.8 Å². The van der Waals surface area contributed by atoms with E-state index in [4.69, 9.17) is 10.5 Å². The summed E-state index contributed by atoms with van der Waals surface area (Å²) in [5, 5.41) is 3.21. The molecular weight excluding hydrogens is 192 g/mol. The maximum Gasteiger partial charge on any atom is 0.218 e. The highest BCUT2D eigenvalue weighted by Crippen LogP contribution is 2.29. The third-order valence-corrected chi connectivity index (χ3v) is 2.82. The summed E-state index contributed by atoms with van der Waals surface area (Å²) >= 11 is 0. The Morgan fingerprint density at radius 1 is 1.53 bits per heavy atom. The zero-order valence-corrected chi connectivity index (χ0v) is 8.86. The number of ether oxygens (including phenoxy) is 1. The van der Waals surface area contributed by atoms with Crippen molar-refractivity contribution in [2.45, 2.75) is 24.8 Å². The lowest BCUT2D eigenvalue weighted by Gasteiger charge is -2.38. The van der Waals surface area contributed by atoms with Crippen molar-refractivity contribution in [3.8, 4) is 5.88 Å². The van der Waals surface area contributed by atoms with Crippen molar-refractivity contribution in [1.82, 2.24) is 9.97 Å². The van der Waals surface area contributed by atoms with Crippen LogP contribution in [0.15, 0.2) is 12.4 Å². The number of nitrogens with zero attached hydrogens (tertiary/aromatic N) is 2. The van der Waals surface area contributed by atoms with E-state index in [-0.39, 0.29) is 5.54 Å². The Bertz CT molecular complexity index is 338. The van der Waals surface area contributed by atoms with Gasteiger partial charge in [0.2, 0.25) is 5.88 Å². The van der Waals surface area contributed by atoms with E-state index in [0.29, 0.717) is 5.88 Å². The van der Waals surface area contributed by atoms with Crippen LogP contribution >= 0.6 is 0 Å². The van der Waals surface area contributed by atoms with Gasteiger partial charge in [-0.05, 0) is 19.3 Å². The van der Waals surface area contributed by atoms with Crippen LogP contribution in [0.5, 0.6) is 5.88 Å². The maximum atomic E-state index is 6.08. The largest absolute Gasteiger partial charge is 0.481 e. The van der Waals surface area contributed by atoms with Crippen LogP contribution in [0, 0.1) is 0 Å². The standard InChI is InChI=1S/C10H16N4O/c1-15-9-5-8(13-7-14-9)12-6-10(11)3-2-4-10/h5,7H,2-4,6,11H2,1H3,(H,12,13,14). The number of aromatic nitrogens is 2. The molecule has 0 atom stereocenters. The number of methoxy groups -OCH3 is 1. The van der Waals surface area contributed by atoms with Crippen molar-refractivity contribution >= 4 is 5.82 Å². The van der Waals surface area contributed by atoms with Crippen molar-refractivity contribution in [1.29, 1.82) is 0 Å². The van der Waals surface area contributed by atoms with Gasteiger partial charge >= 0.3 is 0 Å². The van der Waals surface area contributed by atoms with E-state index in [1.807, 2.05) is 0 Å². The molecule has 3 N–H and O–H groups in total. The summed E-state index contributed by atoms with van der Waals surface area (Å²) in [7, 11) is 1.59. The van der Waals surface area contributed by atoms with Crippen molar-refractivity contribution < 1.29 is 4.74 Å².